The van der Waals surface area contributed by atoms with Crippen LogP contribution < -0.4 is 0 Å². The summed E-state index contributed by atoms with van der Waals surface area (Å²) in [6.07, 6.45) is 0. The van der Waals surface area contributed by atoms with Crippen molar-refractivity contribution >= 4 is 33.6 Å². The average Bonchev–Trinajstić information content (AvgIpc) is 2.13. The van der Waals surface area contributed by atoms with E-state index in [2.05, 4.69) is 0 Å². The van der Waals surface area contributed by atoms with Gasteiger partial charge in [0.05, 0.1) is 0 Å². The summed E-state index contributed by atoms with van der Waals surface area (Å²) in [6, 6.07) is 0. The number of aliphatic carboxylic acids is 1. The Morgan fingerprint density at radius 1 is 1.22 bits per heavy atom. The molecular formula is C11H20AsNO5. The summed E-state index contributed by atoms with van der Waals surface area (Å²) in [6.45, 7) is 5.06. The van der Waals surface area contributed by atoms with Gasteiger partial charge in [-0.2, -0.15) is 0 Å². The normalized spacial score (nSPS) is 11.6. The van der Waals surface area contributed by atoms with Gasteiger partial charge in [-0.1, -0.05) is 0 Å². The molecule has 0 bridgehead atoms. The van der Waals surface area contributed by atoms with Gasteiger partial charge in [-0.15, -0.1) is 0 Å². The molecule has 104 valence electrons. The molecule has 0 rings (SSSR count). The van der Waals surface area contributed by atoms with E-state index in [0.717, 1.165) is 4.90 Å². The number of rotatable bonds is 6. The van der Waals surface area contributed by atoms with Gasteiger partial charge in [0.1, 0.15) is 0 Å². The van der Waals surface area contributed by atoms with Crippen molar-refractivity contribution in [1.82, 2.24) is 4.90 Å². The van der Waals surface area contributed by atoms with Crippen LogP contribution in [0.4, 0.5) is 0 Å². The summed E-state index contributed by atoms with van der Waals surface area (Å²) in [4.78, 5) is 34.4. The molecule has 0 aliphatic rings. The van der Waals surface area contributed by atoms with Crippen LogP contribution in [-0.4, -0.2) is 62.8 Å². The van der Waals surface area contributed by atoms with Gasteiger partial charge in [-0.05, 0) is 0 Å². The predicted molar refractivity (Wildman–Crippen MR) is 67.9 cm³/mol. The fourth-order valence-corrected chi connectivity index (χ4v) is 2.93. The van der Waals surface area contributed by atoms with Crippen molar-refractivity contribution < 1.29 is 24.2 Å². The second kappa shape index (κ2) is 7.41. The number of carbonyl (C=O) groups is 3. The van der Waals surface area contributed by atoms with E-state index in [0.29, 0.717) is 0 Å². The zero-order valence-electron chi connectivity index (χ0n) is 11.1. The van der Waals surface area contributed by atoms with Crippen LogP contribution in [0.1, 0.15) is 20.8 Å². The number of carbonyl (C=O) groups excluding carboxylic acids is 2. The molecule has 1 atom stereocenters. The number of likely N-dealkylation sites (N-methyl/N-ethyl adjacent to an activating group) is 1. The van der Waals surface area contributed by atoms with Crippen molar-refractivity contribution in [2.24, 2.45) is 0 Å². The molecule has 18 heavy (non-hydrogen) atoms. The van der Waals surface area contributed by atoms with E-state index in [-0.39, 0.29) is 28.8 Å². The molecule has 0 radical (unpaired) electrons. The second-order valence-electron chi connectivity index (χ2n) is 4.83. The number of ether oxygens (including phenoxy) is 1. The maximum absolute atomic E-state index is 11.5. The first-order chi connectivity index (χ1) is 8.11. The van der Waals surface area contributed by atoms with Crippen LogP contribution in [0.25, 0.3) is 0 Å². The molecule has 0 spiro atoms. The summed E-state index contributed by atoms with van der Waals surface area (Å²) >= 11 is -0.763. The van der Waals surface area contributed by atoms with E-state index in [1.165, 1.54) is 7.05 Å². The summed E-state index contributed by atoms with van der Waals surface area (Å²) < 4.78 is 5.12. The van der Waals surface area contributed by atoms with Gasteiger partial charge in [-0.3, -0.25) is 0 Å². The van der Waals surface area contributed by atoms with Crippen LogP contribution in [0, 0.1) is 0 Å². The number of amides is 1. The van der Waals surface area contributed by atoms with Gasteiger partial charge in [0, 0.05) is 0 Å². The summed E-state index contributed by atoms with van der Waals surface area (Å²) in [5.74, 6) is -1.57. The first kappa shape index (κ1) is 17.0. The van der Waals surface area contributed by atoms with Gasteiger partial charge in [0.15, 0.2) is 0 Å². The van der Waals surface area contributed by atoms with Crippen LogP contribution in [0.2, 0.25) is 10.4 Å². The number of hydrogen-bond acceptors (Lipinski definition) is 4. The third-order valence-corrected chi connectivity index (χ3v) is 4.05. The molecule has 0 saturated heterocycles. The number of nitrogens with zero attached hydrogens (tertiary/aromatic N) is 1. The number of carboxylic acids is 1. The third kappa shape index (κ3) is 9.05. The SMILES string of the molecule is CN(CC(=O)O)C(=O)C[AsH]CC(=O)OC(C)(C)C. The summed E-state index contributed by atoms with van der Waals surface area (Å²) in [5, 5.41) is 9.06. The Labute approximate surface area is 113 Å². The molecule has 0 aliphatic carbocycles. The Kier molecular flexibility index (Phi) is 6.99. The minimum atomic E-state index is -1.04. The minimum absolute atomic E-state index is 0.235. The van der Waals surface area contributed by atoms with E-state index in [9.17, 15) is 14.4 Å². The van der Waals surface area contributed by atoms with Crippen molar-refractivity contribution in [3.05, 3.63) is 0 Å². The molecule has 7 heteroatoms. The van der Waals surface area contributed by atoms with Gasteiger partial charge in [0.2, 0.25) is 0 Å². The topological polar surface area (TPSA) is 83.9 Å². The number of esters is 1. The van der Waals surface area contributed by atoms with E-state index in [1.807, 2.05) is 0 Å². The molecule has 0 heterocycles. The van der Waals surface area contributed by atoms with Crippen molar-refractivity contribution in [1.29, 1.82) is 0 Å². The molecule has 0 aromatic carbocycles. The van der Waals surface area contributed by atoms with E-state index in [1.54, 1.807) is 20.8 Å². The quantitative estimate of drug-likeness (QED) is 0.556. The van der Waals surface area contributed by atoms with Crippen molar-refractivity contribution in [2.45, 2.75) is 36.8 Å². The van der Waals surface area contributed by atoms with Crippen LogP contribution in [-0.2, 0) is 19.1 Å². The number of hydrogen-bond donors (Lipinski definition) is 1. The van der Waals surface area contributed by atoms with Crippen LogP contribution in [0.3, 0.4) is 0 Å². The van der Waals surface area contributed by atoms with E-state index >= 15 is 0 Å². The monoisotopic (exact) mass is 321 g/mol. The Hall–Kier alpha value is -1.03. The maximum atomic E-state index is 11.5. The standard InChI is InChI=1S/C11H20AsNO5/c1-11(2,3)18-10(17)6-12-5-8(14)13(4)7-9(15)16/h12H,5-7H2,1-4H3,(H,15,16). The van der Waals surface area contributed by atoms with Crippen molar-refractivity contribution in [3.63, 3.8) is 0 Å². The van der Waals surface area contributed by atoms with Crippen molar-refractivity contribution in [2.75, 3.05) is 13.6 Å². The third-order valence-electron chi connectivity index (χ3n) is 1.76. The predicted octanol–water partition coefficient (Wildman–Crippen LogP) is 0.144. The summed E-state index contributed by atoms with van der Waals surface area (Å²) in [7, 11) is 1.44. The first-order valence-corrected chi connectivity index (χ1v) is 8.47. The fourth-order valence-electron chi connectivity index (χ4n) is 1.08. The molecule has 0 saturated carbocycles. The molecular weight excluding hydrogens is 301 g/mol. The molecule has 1 unspecified atom stereocenters. The van der Waals surface area contributed by atoms with Crippen LogP contribution >= 0.6 is 0 Å². The zero-order valence-corrected chi connectivity index (χ0v) is 13.2. The number of carboxylic acid groups (broad SMARTS) is 1. The molecule has 0 aromatic heterocycles. The Bertz CT molecular complexity index is 324. The van der Waals surface area contributed by atoms with Crippen LogP contribution in [0.15, 0.2) is 0 Å². The Morgan fingerprint density at radius 2 is 1.78 bits per heavy atom. The Balaban J connectivity index is 3.87. The molecule has 0 fully saturated rings. The van der Waals surface area contributed by atoms with Gasteiger partial charge >= 0.3 is 113 Å². The Morgan fingerprint density at radius 3 is 2.22 bits per heavy atom. The molecule has 1 N–H and O–H groups in total. The van der Waals surface area contributed by atoms with Gasteiger partial charge in [0.25, 0.3) is 0 Å². The summed E-state index contributed by atoms with van der Waals surface area (Å²) in [5.41, 5.74) is -0.507. The van der Waals surface area contributed by atoms with E-state index < -0.39 is 27.3 Å². The van der Waals surface area contributed by atoms with Crippen molar-refractivity contribution in [3.8, 4) is 0 Å². The molecule has 1 amide bonds. The van der Waals surface area contributed by atoms with Crippen LogP contribution in [0.5, 0.6) is 0 Å². The van der Waals surface area contributed by atoms with Gasteiger partial charge in [-0.25, -0.2) is 0 Å². The second-order valence-corrected chi connectivity index (χ2v) is 7.37. The molecule has 6 nitrogen and oxygen atoms in total. The molecule has 0 aliphatic heterocycles. The van der Waals surface area contributed by atoms with Gasteiger partial charge < -0.3 is 0 Å². The zero-order chi connectivity index (χ0) is 14.3. The average molecular weight is 321 g/mol. The first-order valence-electron chi connectivity index (χ1n) is 5.50. The van der Waals surface area contributed by atoms with E-state index in [4.69, 9.17) is 9.84 Å². The molecule has 0 aromatic rings. The fraction of sp³-hybridized carbons (Fsp3) is 0.727.